The molecule has 3 aromatic rings. The first-order valence-electron chi connectivity index (χ1n) is 12.2. The number of unbranched alkanes of at least 4 members (excludes halogenated alkanes) is 2. The second-order valence-electron chi connectivity index (χ2n) is 9.29. The number of carbonyl (C=O) groups is 1. The Balaban J connectivity index is 1.21. The maximum atomic E-state index is 13.0. The smallest absolute Gasteiger partial charge is 0.272 e. The first-order valence-corrected chi connectivity index (χ1v) is 12.2. The van der Waals surface area contributed by atoms with E-state index in [1.165, 1.54) is 37.8 Å². The zero-order chi connectivity index (χ0) is 22.3. The molecule has 0 atom stereocenters. The van der Waals surface area contributed by atoms with Crippen molar-refractivity contribution in [2.24, 2.45) is 0 Å². The van der Waals surface area contributed by atoms with Gasteiger partial charge in [0.15, 0.2) is 5.69 Å². The Morgan fingerprint density at radius 1 is 1.00 bits per heavy atom. The van der Waals surface area contributed by atoms with E-state index in [4.69, 9.17) is 0 Å². The highest BCUT2D eigenvalue weighted by molar-refractivity contribution is 6.05. The molecule has 1 fully saturated rings. The summed E-state index contributed by atoms with van der Waals surface area (Å²) in [4.78, 5) is 15.6. The standard InChI is InChI=1S/C27H36N4O/c1-21(2)31-25-15-9-8-14-24(25)26(29-31)27(32)28-23-16-19-30(20-17-23)18-10-4-7-13-22-11-5-3-6-12-22/h3,5-6,8-9,11-12,14-15,21,23H,4,7,10,13,16-20H2,1-2H3,(H,28,32). The molecule has 32 heavy (non-hydrogen) atoms. The van der Waals surface area contributed by atoms with E-state index in [1.54, 1.807) is 0 Å². The molecule has 0 spiro atoms. The lowest BCUT2D eigenvalue weighted by Crippen LogP contribution is -2.45. The SMILES string of the molecule is CC(C)n1nc(C(=O)NC2CCN(CCCCCc3ccccc3)CC2)c2ccccc21. The number of nitrogens with one attached hydrogen (secondary N) is 1. The van der Waals surface area contributed by atoms with Gasteiger partial charge in [0, 0.05) is 30.6 Å². The molecule has 0 unspecified atom stereocenters. The summed E-state index contributed by atoms with van der Waals surface area (Å²) in [6, 6.07) is 19.2. The predicted octanol–water partition coefficient (Wildman–Crippen LogP) is 5.22. The predicted molar refractivity (Wildman–Crippen MR) is 131 cm³/mol. The highest BCUT2D eigenvalue weighted by atomic mass is 16.2. The third-order valence-corrected chi connectivity index (χ3v) is 6.52. The number of piperidine rings is 1. The summed E-state index contributed by atoms with van der Waals surface area (Å²) in [6.07, 6.45) is 6.99. The van der Waals surface area contributed by atoms with Crippen LogP contribution in [0, 0.1) is 0 Å². The second-order valence-corrected chi connectivity index (χ2v) is 9.29. The molecule has 4 rings (SSSR count). The summed E-state index contributed by atoms with van der Waals surface area (Å²) in [7, 11) is 0. The zero-order valence-corrected chi connectivity index (χ0v) is 19.5. The van der Waals surface area contributed by atoms with Gasteiger partial charge in [-0.2, -0.15) is 5.10 Å². The van der Waals surface area contributed by atoms with Gasteiger partial charge in [0.25, 0.3) is 5.91 Å². The highest BCUT2D eigenvalue weighted by Crippen LogP contribution is 2.22. The van der Waals surface area contributed by atoms with Crippen LogP contribution in [0.4, 0.5) is 0 Å². The van der Waals surface area contributed by atoms with Crippen LogP contribution in [0.15, 0.2) is 54.6 Å². The molecule has 1 aliphatic rings. The molecule has 1 aromatic heterocycles. The van der Waals surface area contributed by atoms with E-state index in [2.05, 4.69) is 59.5 Å². The van der Waals surface area contributed by atoms with E-state index in [0.29, 0.717) is 5.69 Å². The Kier molecular flexibility index (Phi) is 7.59. The first-order chi connectivity index (χ1) is 15.6. The van der Waals surface area contributed by atoms with E-state index in [-0.39, 0.29) is 18.0 Å². The van der Waals surface area contributed by atoms with Crippen LogP contribution in [0.1, 0.15) is 68.0 Å². The van der Waals surface area contributed by atoms with Crippen molar-refractivity contribution in [1.82, 2.24) is 20.0 Å². The average Bonchev–Trinajstić information content (AvgIpc) is 3.21. The first kappa shape index (κ1) is 22.5. The van der Waals surface area contributed by atoms with Crippen LogP contribution in [0.25, 0.3) is 10.9 Å². The maximum absolute atomic E-state index is 13.0. The van der Waals surface area contributed by atoms with Crippen LogP contribution in [0.5, 0.6) is 0 Å². The van der Waals surface area contributed by atoms with Gasteiger partial charge < -0.3 is 10.2 Å². The van der Waals surface area contributed by atoms with Gasteiger partial charge in [-0.25, -0.2) is 0 Å². The molecule has 2 aromatic carbocycles. The number of carbonyl (C=O) groups excluding carboxylic acids is 1. The Labute approximate surface area is 191 Å². The fraction of sp³-hybridized carbons (Fsp3) is 0.481. The number of aryl methyl sites for hydroxylation is 1. The molecule has 1 N–H and O–H groups in total. The van der Waals surface area contributed by atoms with Crippen LogP contribution in [-0.2, 0) is 6.42 Å². The molecule has 170 valence electrons. The molecule has 1 amide bonds. The van der Waals surface area contributed by atoms with Gasteiger partial charge in [-0.05, 0) is 64.1 Å². The molecule has 5 heteroatoms. The molecule has 0 saturated carbocycles. The number of amides is 1. The van der Waals surface area contributed by atoms with Gasteiger partial charge >= 0.3 is 0 Å². The molecule has 0 bridgehead atoms. The Morgan fingerprint density at radius 3 is 2.47 bits per heavy atom. The van der Waals surface area contributed by atoms with E-state index in [9.17, 15) is 4.79 Å². The normalized spacial score (nSPS) is 15.5. The Hall–Kier alpha value is -2.66. The summed E-state index contributed by atoms with van der Waals surface area (Å²) in [5.74, 6) is -0.0417. The van der Waals surface area contributed by atoms with Crippen LogP contribution in [-0.4, -0.2) is 46.3 Å². The number of fused-ring (bicyclic) bond motifs is 1. The number of para-hydroxylation sites is 1. The van der Waals surface area contributed by atoms with Crippen molar-refractivity contribution in [3.63, 3.8) is 0 Å². The van der Waals surface area contributed by atoms with Gasteiger partial charge in [-0.1, -0.05) is 55.0 Å². The number of nitrogens with zero attached hydrogens (tertiary/aromatic N) is 3. The fourth-order valence-corrected chi connectivity index (χ4v) is 4.69. The minimum atomic E-state index is -0.0417. The largest absolute Gasteiger partial charge is 0.348 e. The highest BCUT2D eigenvalue weighted by Gasteiger charge is 2.24. The van der Waals surface area contributed by atoms with Crippen LogP contribution >= 0.6 is 0 Å². The van der Waals surface area contributed by atoms with Crippen molar-refractivity contribution in [2.45, 2.75) is 64.5 Å². The summed E-state index contributed by atoms with van der Waals surface area (Å²) in [6.45, 7) is 7.48. The topological polar surface area (TPSA) is 50.2 Å². The van der Waals surface area contributed by atoms with E-state index < -0.39 is 0 Å². The molecule has 1 saturated heterocycles. The summed E-state index contributed by atoms with van der Waals surface area (Å²) >= 11 is 0. The molecule has 0 aliphatic carbocycles. The minimum Gasteiger partial charge on any atom is -0.348 e. The van der Waals surface area contributed by atoms with E-state index >= 15 is 0 Å². The third-order valence-electron chi connectivity index (χ3n) is 6.52. The van der Waals surface area contributed by atoms with Crippen molar-refractivity contribution < 1.29 is 4.79 Å². The van der Waals surface area contributed by atoms with Gasteiger partial charge in [-0.15, -0.1) is 0 Å². The van der Waals surface area contributed by atoms with Crippen molar-refractivity contribution in [3.05, 3.63) is 65.9 Å². The summed E-state index contributed by atoms with van der Waals surface area (Å²) < 4.78 is 1.95. The van der Waals surface area contributed by atoms with Crippen molar-refractivity contribution in [3.8, 4) is 0 Å². The van der Waals surface area contributed by atoms with E-state index in [0.717, 1.165) is 36.8 Å². The Bertz CT molecular complexity index is 1000. The number of aromatic nitrogens is 2. The van der Waals surface area contributed by atoms with Crippen molar-refractivity contribution in [2.75, 3.05) is 19.6 Å². The fourth-order valence-electron chi connectivity index (χ4n) is 4.69. The number of hydrogen-bond donors (Lipinski definition) is 1. The molecular weight excluding hydrogens is 396 g/mol. The summed E-state index contributed by atoms with van der Waals surface area (Å²) in [5, 5.41) is 8.83. The third kappa shape index (κ3) is 5.57. The van der Waals surface area contributed by atoms with Gasteiger partial charge in [0.05, 0.1) is 5.52 Å². The quantitative estimate of drug-likeness (QED) is 0.471. The molecule has 2 heterocycles. The molecular formula is C27H36N4O. The summed E-state index contributed by atoms with van der Waals surface area (Å²) in [5.41, 5.74) is 3.01. The van der Waals surface area contributed by atoms with E-state index in [1.807, 2.05) is 28.9 Å². The number of rotatable bonds is 9. The Morgan fingerprint density at radius 2 is 1.72 bits per heavy atom. The number of likely N-dealkylation sites (tertiary alicyclic amines) is 1. The van der Waals surface area contributed by atoms with Gasteiger partial charge in [0.1, 0.15) is 0 Å². The minimum absolute atomic E-state index is 0.0417. The molecule has 1 aliphatic heterocycles. The van der Waals surface area contributed by atoms with Crippen molar-refractivity contribution >= 4 is 16.8 Å². The van der Waals surface area contributed by atoms with Crippen LogP contribution < -0.4 is 5.32 Å². The number of benzene rings is 2. The maximum Gasteiger partial charge on any atom is 0.272 e. The lowest BCUT2D eigenvalue weighted by Gasteiger charge is -2.32. The lowest BCUT2D eigenvalue weighted by molar-refractivity contribution is 0.0906. The van der Waals surface area contributed by atoms with Gasteiger partial charge in [0.2, 0.25) is 0 Å². The van der Waals surface area contributed by atoms with Crippen LogP contribution in [0.2, 0.25) is 0 Å². The number of hydrogen-bond acceptors (Lipinski definition) is 3. The molecule has 0 radical (unpaired) electrons. The lowest BCUT2D eigenvalue weighted by atomic mass is 10.0. The van der Waals surface area contributed by atoms with Crippen LogP contribution in [0.3, 0.4) is 0 Å². The monoisotopic (exact) mass is 432 g/mol. The van der Waals surface area contributed by atoms with Crippen molar-refractivity contribution in [1.29, 1.82) is 0 Å². The van der Waals surface area contributed by atoms with Gasteiger partial charge in [-0.3, -0.25) is 9.48 Å². The average molecular weight is 433 g/mol. The second kappa shape index (κ2) is 10.8. The molecule has 5 nitrogen and oxygen atoms in total. The zero-order valence-electron chi connectivity index (χ0n) is 19.5.